The second kappa shape index (κ2) is 3.97. The molecule has 74 valence electrons. The number of nitrogens with zero attached hydrogens (tertiary/aromatic N) is 2. The number of aryl methyl sites for hydroxylation is 1. The number of fused-ring (bicyclic) bond motifs is 1. The molecule has 0 aliphatic heterocycles. The minimum absolute atomic E-state index is 0.519. The fraction of sp³-hybridized carbons (Fsp3) is 0.167. The Morgan fingerprint density at radius 3 is 3.07 bits per heavy atom. The minimum atomic E-state index is 0.519. The molecule has 3 heteroatoms. The van der Waals surface area contributed by atoms with Gasteiger partial charge in [0.05, 0.1) is 23.3 Å². The molecule has 0 unspecified atom stereocenters. The second-order valence-electron chi connectivity index (χ2n) is 3.27. The van der Waals surface area contributed by atoms with E-state index in [-0.39, 0.29) is 0 Å². The van der Waals surface area contributed by atoms with Crippen molar-refractivity contribution >= 4 is 16.7 Å². The van der Waals surface area contributed by atoms with Gasteiger partial charge in [-0.3, -0.25) is 4.98 Å². The molecule has 0 spiro atoms. The molecule has 0 amide bonds. The smallest absolute Gasteiger partial charge is 0.0910 e. The Balaban J connectivity index is 2.41. The fourth-order valence-corrected chi connectivity index (χ4v) is 1.37. The molecule has 0 aliphatic carbocycles. The van der Waals surface area contributed by atoms with Crippen molar-refractivity contribution in [3.05, 3.63) is 30.1 Å². The zero-order chi connectivity index (χ0) is 10.7. The van der Waals surface area contributed by atoms with Crippen LogP contribution in [0.5, 0.6) is 0 Å². The third-order valence-corrected chi connectivity index (χ3v) is 2.06. The lowest BCUT2D eigenvalue weighted by atomic mass is 10.2. The summed E-state index contributed by atoms with van der Waals surface area (Å²) < 4.78 is 0. The molecule has 2 aromatic rings. The molecule has 0 atom stereocenters. The lowest BCUT2D eigenvalue weighted by molar-refractivity contribution is 1.18. The average molecular weight is 197 g/mol. The van der Waals surface area contributed by atoms with E-state index >= 15 is 0 Å². The second-order valence-corrected chi connectivity index (χ2v) is 3.27. The van der Waals surface area contributed by atoms with Crippen LogP contribution in [0.1, 0.15) is 5.69 Å². The monoisotopic (exact) mass is 197 g/mol. The van der Waals surface area contributed by atoms with Crippen molar-refractivity contribution in [2.45, 2.75) is 6.92 Å². The number of terminal acetylenes is 1. The van der Waals surface area contributed by atoms with E-state index in [2.05, 4.69) is 21.2 Å². The first-order chi connectivity index (χ1) is 7.29. The molecule has 0 radical (unpaired) electrons. The molecular weight excluding hydrogens is 186 g/mol. The fourth-order valence-electron chi connectivity index (χ4n) is 1.37. The van der Waals surface area contributed by atoms with Gasteiger partial charge in [0.1, 0.15) is 0 Å². The number of aromatic nitrogens is 2. The Labute approximate surface area is 88.6 Å². The van der Waals surface area contributed by atoms with Gasteiger partial charge in [0, 0.05) is 11.9 Å². The Morgan fingerprint density at radius 2 is 2.27 bits per heavy atom. The third-order valence-electron chi connectivity index (χ3n) is 2.06. The Bertz CT molecular complexity index is 526. The van der Waals surface area contributed by atoms with Crippen molar-refractivity contribution in [3.8, 4) is 12.3 Å². The largest absolute Gasteiger partial charge is 0.374 e. The van der Waals surface area contributed by atoms with Gasteiger partial charge >= 0.3 is 0 Å². The highest BCUT2D eigenvalue weighted by molar-refractivity contribution is 5.78. The quantitative estimate of drug-likeness (QED) is 0.748. The minimum Gasteiger partial charge on any atom is -0.374 e. The van der Waals surface area contributed by atoms with Crippen LogP contribution in [0.2, 0.25) is 0 Å². The lowest BCUT2D eigenvalue weighted by Gasteiger charge is -2.03. The van der Waals surface area contributed by atoms with Crippen LogP contribution in [0.25, 0.3) is 11.0 Å². The number of hydrogen-bond acceptors (Lipinski definition) is 3. The summed E-state index contributed by atoms with van der Waals surface area (Å²) in [4.78, 5) is 8.66. The first-order valence-corrected chi connectivity index (χ1v) is 4.70. The summed E-state index contributed by atoms with van der Waals surface area (Å²) in [7, 11) is 0. The molecular formula is C12H11N3. The van der Waals surface area contributed by atoms with Crippen LogP contribution in [-0.2, 0) is 0 Å². The predicted molar refractivity (Wildman–Crippen MR) is 61.6 cm³/mol. The third kappa shape index (κ3) is 2.05. The van der Waals surface area contributed by atoms with E-state index in [9.17, 15) is 0 Å². The SMILES string of the molecule is C#CCNc1ccc2ncc(C)nc2c1. The van der Waals surface area contributed by atoms with Crippen molar-refractivity contribution in [1.29, 1.82) is 0 Å². The average Bonchev–Trinajstić information content (AvgIpc) is 2.25. The van der Waals surface area contributed by atoms with Crippen LogP contribution >= 0.6 is 0 Å². The number of anilines is 1. The lowest BCUT2D eigenvalue weighted by Crippen LogP contribution is -1.98. The van der Waals surface area contributed by atoms with Gasteiger partial charge in [-0.15, -0.1) is 6.42 Å². The first-order valence-electron chi connectivity index (χ1n) is 4.70. The molecule has 1 heterocycles. The van der Waals surface area contributed by atoms with E-state index in [1.165, 1.54) is 0 Å². The summed E-state index contributed by atoms with van der Waals surface area (Å²) in [5.41, 5.74) is 3.67. The van der Waals surface area contributed by atoms with Gasteiger partial charge in [-0.2, -0.15) is 0 Å². The van der Waals surface area contributed by atoms with Crippen molar-refractivity contribution in [1.82, 2.24) is 9.97 Å². The number of rotatable bonds is 2. The highest BCUT2D eigenvalue weighted by atomic mass is 14.9. The maximum absolute atomic E-state index is 5.17. The summed E-state index contributed by atoms with van der Waals surface area (Å²) in [5, 5.41) is 3.10. The molecule has 1 N–H and O–H groups in total. The highest BCUT2D eigenvalue weighted by Crippen LogP contribution is 2.15. The normalized spacial score (nSPS) is 9.87. The van der Waals surface area contributed by atoms with Gasteiger partial charge in [-0.05, 0) is 25.1 Å². The molecule has 0 bridgehead atoms. The topological polar surface area (TPSA) is 37.8 Å². The number of benzene rings is 1. The highest BCUT2D eigenvalue weighted by Gasteiger charge is 1.98. The van der Waals surface area contributed by atoms with Gasteiger partial charge in [-0.1, -0.05) is 5.92 Å². The Morgan fingerprint density at radius 1 is 1.40 bits per heavy atom. The summed E-state index contributed by atoms with van der Waals surface area (Å²) in [6.45, 7) is 2.44. The molecule has 3 nitrogen and oxygen atoms in total. The summed E-state index contributed by atoms with van der Waals surface area (Å²) >= 11 is 0. The number of nitrogens with one attached hydrogen (secondary N) is 1. The number of hydrogen-bond donors (Lipinski definition) is 1. The molecule has 1 aromatic carbocycles. The van der Waals surface area contributed by atoms with Gasteiger partial charge in [0.2, 0.25) is 0 Å². The van der Waals surface area contributed by atoms with Gasteiger partial charge in [0.15, 0.2) is 0 Å². The zero-order valence-electron chi connectivity index (χ0n) is 8.49. The van der Waals surface area contributed by atoms with Crippen molar-refractivity contribution < 1.29 is 0 Å². The van der Waals surface area contributed by atoms with Crippen LogP contribution in [0.3, 0.4) is 0 Å². The molecule has 0 saturated heterocycles. The standard InChI is InChI=1S/C12H11N3/c1-3-6-13-10-4-5-11-12(7-10)15-9(2)8-14-11/h1,4-5,7-8,13H,6H2,2H3. The molecule has 0 aliphatic rings. The van der Waals surface area contributed by atoms with Crippen LogP contribution < -0.4 is 5.32 Å². The van der Waals surface area contributed by atoms with E-state index in [0.717, 1.165) is 22.4 Å². The van der Waals surface area contributed by atoms with Crippen molar-refractivity contribution in [2.75, 3.05) is 11.9 Å². The summed E-state index contributed by atoms with van der Waals surface area (Å²) in [6.07, 6.45) is 6.93. The van der Waals surface area contributed by atoms with Crippen LogP contribution in [0.15, 0.2) is 24.4 Å². The maximum atomic E-state index is 5.17. The van der Waals surface area contributed by atoms with E-state index in [4.69, 9.17) is 6.42 Å². The van der Waals surface area contributed by atoms with E-state index in [0.29, 0.717) is 6.54 Å². The van der Waals surface area contributed by atoms with E-state index in [1.54, 1.807) is 6.20 Å². The van der Waals surface area contributed by atoms with Crippen LogP contribution in [0, 0.1) is 19.3 Å². The van der Waals surface area contributed by atoms with Crippen LogP contribution in [-0.4, -0.2) is 16.5 Å². The first kappa shape index (κ1) is 9.47. The van der Waals surface area contributed by atoms with Gasteiger partial charge in [-0.25, -0.2) is 4.98 Å². The van der Waals surface area contributed by atoms with Gasteiger partial charge < -0.3 is 5.32 Å². The van der Waals surface area contributed by atoms with Crippen molar-refractivity contribution in [2.24, 2.45) is 0 Å². The Hall–Kier alpha value is -2.08. The zero-order valence-corrected chi connectivity index (χ0v) is 8.49. The molecule has 0 fully saturated rings. The molecule has 0 saturated carbocycles. The van der Waals surface area contributed by atoms with Crippen LogP contribution in [0.4, 0.5) is 5.69 Å². The molecule has 2 rings (SSSR count). The summed E-state index contributed by atoms with van der Waals surface area (Å²) in [5.74, 6) is 2.53. The predicted octanol–water partition coefficient (Wildman–Crippen LogP) is 1.98. The molecule has 1 aromatic heterocycles. The van der Waals surface area contributed by atoms with Gasteiger partial charge in [0.25, 0.3) is 0 Å². The van der Waals surface area contributed by atoms with Crippen molar-refractivity contribution in [3.63, 3.8) is 0 Å². The Kier molecular flexibility index (Phi) is 2.51. The van der Waals surface area contributed by atoms with E-state index < -0.39 is 0 Å². The molecule has 15 heavy (non-hydrogen) atoms. The van der Waals surface area contributed by atoms with E-state index in [1.807, 2.05) is 25.1 Å². The maximum Gasteiger partial charge on any atom is 0.0910 e. The summed E-state index contributed by atoms with van der Waals surface area (Å²) in [6, 6.07) is 5.83.